The van der Waals surface area contributed by atoms with Gasteiger partial charge in [-0.1, -0.05) is 12.1 Å². The van der Waals surface area contributed by atoms with Gasteiger partial charge in [0.25, 0.3) is 0 Å². The fraction of sp³-hybridized carbons (Fsp3) is 0.0952. The Kier molecular flexibility index (Phi) is 5.31. The molecule has 0 radical (unpaired) electrons. The Labute approximate surface area is 168 Å². The van der Waals surface area contributed by atoms with E-state index in [2.05, 4.69) is 4.98 Å². The highest BCUT2D eigenvalue weighted by atomic mass is 19.4. The molecule has 5 nitrogen and oxygen atoms in total. The van der Waals surface area contributed by atoms with Crippen LogP contribution in [0.1, 0.15) is 16.7 Å². The molecule has 30 heavy (non-hydrogen) atoms. The molecule has 0 aliphatic carbocycles. The van der Waals surface area contributed by atoms with Crippen LogP contribution in [0.15, 0.2) is 42.5 Å². The van der Waals surface area contributed by atoms with Gasteiger partial charge in [-0.15, -0.1) is 0 Å². The van der Waals surface area contributed by atoms with Gasteiger partial charge in [0.15, 0.2) is 0 Å². The van der Waals surface area contributed by atoms with Crippen LogP contribution in [-0.4, -0.2) is 12.1 Å². The van der Waals surface area contributed by atoms with Crippen molar-refractivity contribution in [3.05, 3.63) is 65.0 Å². The maximum atomic E-state index is 14.0. The number of nitrogens with zero attached hydrogens (tertiary/aromatic N) is 3. The number of rotatable bonds is 3. The lowest BCUT2D eigenvalue weighted by molar-refractivity contribution is -0.137. The van der Waals surface area contributed by atoms with Crippen LogP contribution >= 0.6 is 0 Å². The van der Waals surface area contributed by atoms with E-state index in [1.807, 2.05) is 12.1 Å². The molecule has 3 rings (SSSR count). The minimum absolute atomic E-state index is 0.0134. The number of ether oxygens (including phenoxy) is 1. The molecule has 0 aliphatic heterocycles. The summed E-state index contributed by atoms with van der Waals surface area (Å²) < 4.78 is 57.7. The lowest BCUT2D eigenvalue weighted by atomic mass is 9.92. The zero-order valence-corrected chi connectivity index (χ0v) is 15.4. The highest BCUT2D eigenvalue weighted by Crippen LogP contribution is 2.38. The first-order chi connectivity index (χ1) is 14.2. The highest BCUT2D eigenvalue weighted by Gasteiger charge is 2.30. The fourth-order valence-corrected chi connectivity index (χ4v) is 2.97. The first-order valence-electron chi connectivity index (χ1n) is 8.35. The summed E-state index contributed by atoms with van der Waals surface area (Å²) in [7, 11) is 1.33. The second-order valence-corrected chi connectivity index (χ2v) is 6.15. The van der Waals surface area contributed by atoms with Crippen molar-refractivity contribution in [1.29, 1.82) is 10.5 Å². The summed E-state index contributed by atoms with van der Waals surface area (Å²) in [6.07, 6.45) is -4.55. The smallest absolute Gasteiger partial charge is 0.416 e. The van der Waals surface area contributed by atoms with Gasteiger partial charge in [0.2, 0.25) is 0 Å². The van der Waals surface area contributed by atoms with Gasteiger partial charge in [-0.2, -0.15) is 23.7 Å². The number of benzene rings is 2. The monoisotopic (exact) mass is 412 g/mol. The van der Waals surface area contributed by atoms with Crippen LogP contribution < -0.4 is 10.5 Å². The predicted octanol–water partition coefficient (Wildman–Crippen LogP) is 4.91. The summed E-state index contributed by atoms with van der Waals surface area (Å²) in [5.74, 6) is -0.742. The molecule has 9 heteroatoms. The maximum Gasteiger partial charge on any atom is 0.416 e. The van der Waals surface area contributed by atoms with Crippen LogP contribution in [0.4, 0.5) is 23.4 Å². The molecule has 0 saturated heterocycles. The van der Waals surface area contributed by atoms with E-state index in [1.54, 1.807) is 0 Å². The van der Waals surface area contributed by atoms with Gasteiger partial charge in [-0.05, 0) is 29.8 Å². The average Bonchev–Trinajstić information content (AvgIpc) is 2.71. The Bertz CT molecular complexity index is 1210. The molecule has 1 heterocycles. The minimum atomic E-state index is -4.55. The standard InChI is InChI=1S/C21H12F4N4O/c1-30-15-7-12(6-14(22)8-15)19-16(9-26)18(17(10-27)20(28)29-19)11-2-4-13(5-3-11)21(23,24)25/h2-8H,1H3,(H2,28,29). The van der Waals surface area contributed by atoms with E-state index >= 15 is 0 Å². The maximum absolute atomic E-state index is 14.0. The first kappa shape index (κ1) is 20.6. The second kappa shape index (κ2) is 7.72. The molecule has 0 spiro atoms. The van der Waals surface area contributed by atoms with E-state index < -0.39 is 17.6 Å². The van der Waals surface area contributed by atoms with Crippen molar-refractivity contribution >= 4 is 5.82 Å². The summed E-state index contributed by atoms with van der Waals surface area (Å²) in [5, 5.41) is 19.3. The number of nitrogens with two attached hydrogens (primary N) is 1. The van der Waals surface area contributed by atoms with E-state index in [1.165, 1.54) is 13.2 Å². The molecule has 0 saturated carbocycles. The number of nitriles is 2. The number of halogens is 4. The Hall–Kier alpha value is -4.11. The number of methoxy groups -OCH3 is 1. The van der Waals surface area contributed by atoms with Crippen LogP contribution in [0.3, 0.4) is 0 Å². The number of anilines is 1. The molecule has 0 atom stereocenters. The second-order valence-electron chi connectivity index (χ2n) is 6.15. The molecule has 0 fully saturated rings. The van der Waals surface area contributed by atoms with Crippen molar-refractivity contribution in [2.24, 2.45) is 0 Å². The first-order valence-corrected chi connectivity index (χ1v) is 8.35. The number of alkyl halides is 3. The number of aromatic nitrogens is 1. The zero-order chi connectivity index (χ0) is 22.1. The molecule has 0 amide bonds. The SMILES string of the molecule is COc1cc(F)cc(-c2nc(N)c(C#N)c(-c3ccc(C(F)(F)F)cc3)c2C#N)c1. The Morgan fingerprint density at radius 3 is 2.13 bits per heavy atom. The molecule has 1 aromatic heterocycles. The molecule has 150 valence electrons. The third kappa shape index (κ3) is 3.74. The van der Waals surface area contributed by atoms with Crippen molar-refractivity contribution in [1.82, 2.24) is 4.98 Å². The molecule has 2 aromatic carbocycles. The number of nitrogen functional groups attached to an aromatic ring is 1. The van der Waals surface area contributed by atoms with E-state index in [4.69, 9.17) is 10.5 Å². The highest BCUT2D eigenvalue weighted by molar-refractivity contribution is 5.87. The molecule has 3 aromatic rings. The van der Waals surface area contributed by atoms with Gasteiger partial charge in [0.1, 0.15) is 35.1 Å². The molecule has 0 aliphatic rings. The molecular weight excluding hydrogens is 400 g/mol. The molecule has 0 bridgehead atoms. The Balaban J connectivity index is 2.32. The number of pyridine rings is 1. The van der Waals surface area contributed by atoms with Gasteiger partial charge in [-0.3, -0.25) is 0 Å². The number of hydrogen-bond donors (Lipinski definition) is 1. The van der Waals surface area contributed by atoms with Gasteiger partial charge in [-0.25, -0.2) is 9.37 Å². The van der Waals surface area contributed by atoms with Gasteiger partial charge < -0.3 is 10.5 Å². The van der Waals surface area contributed by atoms with E-state index in [-0.39, 0.29) is 45.1 Å². The van der Waals surface area contributed by atoms with Gasteiger partial charge in [0.05, 0.1) is 23.9 Å². The summed E-state index contributed by atoms with van der Waals surface area (Å²) >= 11 is 0. The normalized spacial score (nSPS) is 10.9. The third-order valence-electron chi connectivity index (χ3n) is 4.33. The van der Waals surface area contributed by atoms with Crippen LogP contribution in [0.5, 0.6) is 5.75 Å². The van der Waals surface area contributed by atoms with Gasteiger partial charge in [0, 0.05) is 17.2 Å². The van der Waals surface area contributed by atoms with Crippen LogP contribution in [-0.2, 0) is 6.18 Å². The van der Waals surface area contributed by atoms with Crippen molar-refractivity contribution in [2.75, 3.05) is 12.8 Å². The van der Waals surface area contributed by atoms with Crippen LogP contribution in [0.25, 0.3) is 22.4 Å². The van der Waals surface area contributed by atoms with Crippen LogP contribution in [0, 0.1) is 28.5 Å². The lowest BCUT2D eigenvalue weighted by Gasteiger charge is -2.15. The van der Waals surface area contributed by atoms with E-state index in [0.29, 0.717) is 0 Å². The quantitative estimate of drug-likeness (QED) is 0.617. The molecular formula is C21H12F4N4O. The summed E-state index contributed by atoms with van der Waals surface area (Å²) in [6.45, 7) is 0. The predicted molar refractivity (Wildman–Crippen MR) is 100 cm³/mol. The minimum Gasteiger partial charge on any atom is -0.497 e. The van der Waals surface area contributed by atoms with Crippen molar-refractivity contribution in [3.63, 3.8) is 0 Å². The summed E-state index contributed by atoms with van der Waals surface area (Å²) in [5.41, 5.74) is 5.01. The van der Waals surface area contributed by atoms with Crippen molar-refractivity contribution < 1.29 is 22.3 Å². The third-order valence-corrected chi connectivity index (χ3v) is 4.33. The average molecular weight is 412 g/mol. The Morgan fingerprint density at radius 2 is 1.60 bits per heavy atom. The van der Waals surface area contributed by atoms with E-state index in [0.717, 1.165) is 36.4 Å². The summed E-state index contributed by atoms with van der Waals surface area (Å²) in [4.78, 5) is 4.08. The zero-order valence-electron chi connectivity index (χ0n) is 15.4. The summed E-state index contributed by atoms with van der Waals surface area (Å²) in [6, 6.07) is 11.3. The van der Waals surface area contributed by atoms with Gasteiger partial charge >= 0.3 is 6.18 Å². The van der Waals surface area contributed by atoms with Crippen molar-refractivity contribution in [3.8, 4) is 40.3 Å². The molecule has 0 unspecified atom stereocenters. The van der Waals surface area contributed by atoms with E-state index in [9.17, 15) is 28.1 Å². The fourth-order valence-electron chi connectivity index (χ4n) is 2.97. The lowest BCUT2D eigenvalue weighted by Crippen LogP contribution is -2.06. The topological polar surface area (TPSA) is 95.7 Å². The molecule has 2 N–H and O–H groups in total. The largest absolute Gasteiger partial charge is 0.497 e. The Morgan fingerprint density at radius 1 is 0.967 bits per heavy atom. The van der Waals surface area contributed by atoms with Crippen LogP contribution in [0.2, 0.25) is 0 Å². The van der Waals surface area contributed by atoms with Crippen molar-refractivity contribution in [2.45, 2.75) is 6.18 Å². The number of hydrogen-bond acceptors (Lipinski definition) is 5.